The molecule has 0 spiro atoms. The average molecular weight is 353 g/mol. The van der Waals surface area contributed by atoms with Gasteiger partial charge < -0.3 is 9.88 Å². The molecule has 0 radical (unpaired) electrons. The lowest BCUT2D eigenvalue weighted by Gasteiger charge is -2.22. The van der Waals surface area contributed by atoms with Crippen LogP contribution in [-0.4, -0.2) is 33.7 Å². The van der Waals surface area contributed by atoms with Crippen LogP contribution in [0.15, 0.2) is 30.3 Å². The number of benzene rings is 1. The molecule has 2 heterocycles. The fourth-order valence-corrected chi connectivity index (χ4v) is 3.29. The molecule has 1 aromatic carbocycles. The predicted octanol–water partition coefficient (Wildman–Crippen LogP) is 2.60. The number of nitrogens with zero attached hydrogens (tertiary/aromatic N) is 2. The Balaban J connectivity index is 1.86. The second-order valence-corrected chi connectivity index (χ2v) is 7.08. The number of hydrogen-bond donors (Lipinski definition) is 1. The normalized spacial score (nSPS) is 19.8. The largest absolute Gasteiger partial charge is 0.351 e. The maximum Gasteiger partial charge on any atom is 0.325 e. The minimum absolute atomic E-state index is 0.247. The third kappa shape index (κ3) is 2.71. The number of nitrogens with one attached hydrogen (secondary N) is 1. The van der Waals surface area contributed by atoms with Crippen molar-refractivity contribution in [2.24, 2.45) is 7.05 Å². The van der Waals surface area contributed by atoms with Crippen LogP contribution >= 0.6 is 0 Å². The van der Waals surface area contributed by atoms with Gasteiger partial charge in [-0.1, -0.05) is 29.8 Å². The van der Waals surface area contributed by atoms with Gasteiger partial charge in [0, 0.05) is 24.0 Å². The van der Waals surface area contributed by atoms with Crippen molar-refractivity contribution in [1.29, 1.82) is 0 Å². The van der Waals surface area contributed by atoms with E-state index in [2.05, 4.69) is 5.32 Å². The Labute approximate surface area is 152 Å². The Hall–Kier alpha value is -2.89. The molecule has 1 fully saturated rings. The second-order valence-electron chi connectivity index (χ2n) is 7.08. The van der Waals surface area contributed by atoms with Gasteiger partial charge in [0.05, 0.1) is 6.54 Å². The molecule has 1 unspecified atom stereocenters. The highest BCUT2D eigenvalue weighted by Gasteiger charge is 2.49. The van der Waals surface area contributed by atoms with Crippen LogP contribution in [0, 0.1) is 20.8 Å². The van der Waals surface area contributed by atoms with Gasteiger partial charge in [0.2, 0.25) is 0 Å². The summed E-state index contributed by atoms with van der Waals surface area (Å²) in [6.07, 6.45) is 0. The summed E-state index contributed by atoms with van der Waals surface area (Å²) in [4.78, 5) is 39.0. The predicted molar refractivity (Wildman–Crippen MR) is 98.0 cm³/mol. The van der Waals surface area contributed by atoms with Crippen molar-refractivity contribution in [2.45, 2.75) is 33.2 Å². The molecule has 1 aliphatic rings. The third-order valence-corrected chi connectivity index (χ3v) is 5.28. The SMILES string of the molecule is Cc1ccc(C2(C)NC(=O)N(CC(=O)c3cc(C)n(C)c3C)C2=O)cc1. The first-order valence-electron chi connectivity index (χ1n) is 8.52. The number of aryl methyl sites for hydroxylation is 2. The van der Waals surface area contributed by atoms with E-state index < -0.39 is 17.5 Å². The smallest absolute Gasteiger partial charge is 0.325 e. The van der Waals surface area contributed by atoms with E-state index in [9.17, 15) is 14.4 Å². The van der Waals surface area contributed by atoms with Crippen molar-refractivity contribution in [3.8, 4) is 0 Å². The van der Waals surface area contributed by atoms with Gasteiger partial charge in [-0.05, 0) is 39.3 Å². The van der Waals surface area contributed by atoms with E-state index in [1.165, 1.54) is 0 Å². The summed E-state index contributed by atoms with van der Waals surface area (Å²) in [7, 11) is 1.88. The van der Waals surface area contributed by atoms with Gasteiger partial charge in [0.15, 0.2) is 5.78 Å². The Kier molecular flexibility index (Phi) is 4.22. The minimum Gasteiger partial charge on any atom is -0.351 e. The Bertz CT molecular complexity index is 911. The average Bonchev–Trinajstić information content (AvgIpc) is 2.98. The van der Waals surface area contributed by atoms with E-state index in [1.54, 1.807) is 13.0 Å². The number of carbonyl (C=O) groups excluding carboxylic acids is 3. The highest BCUT2D eigenvalue weighted by Crippen LogP contribution is 2.29. The van der Waals surface area contributed by atoms with E-state index in [0.29, 0.717) is 11.1 Å². The number of amides is 3. The van der Waals surface area contributed by atoms with Crippen molar-refractivity contribution in [1.82, 2.24) is 14.8 Å². The quantitative estimate of drug-likeness (QED) is 0.678. The van der Waals surface area contributed by atoms with Gasteiger partial charge >= 0.3 is 6.03 Å². The molecular weight excluding hydrogens is 330 g/mol. The lowest BCUT2D eigenvalue weighted by Crippen LogP contribution is -2.41. The summed E-state index contributed by atoms with van der Waals surface area (Å²) >= 11 is 0. The molecule has 1 aliphatic heterocycles. The number of rotatable bonds is 4. The second kappa shape index (κ2) is 6.12. The van der Waals surface area contributed by atoms with Gasteiger partial charge in [-0.15, -0.1) is 0 Å². The van der Waals surface area contributed by atoms with Crippen LogP contribution in [0.3, 0.4) is 0 Å². The van der Waals surface area contributed by atoms with Crippen LogP contribution in [0.2, 0.25) is 0 Å². The zero-order valence-corrected chi connectivity index (χ0v) is 15.7. The van der Waals surface area contributed by atoms with Crippen molar-refractivity contribution in [3.05, 3.63) is 58.4 Å². The van der Waals surface area contributed by atoms with Gasteiger partial charge in [0.25, 0.3) is 5.91 Å². The van der Waals surface area contributed by atoms with E-state index in [1.807, 2.05) is 56.7 Å². The first kappa shape index (κ1) is 17.9. The fourth-order valence-electron chi connectivity index (χ4n) is 3.29. The Morgan fingerprint density at radius 3 is 2.27 bits per heavy atom. The molecule has 2 aromatic rings. The van der Waals surface area contributed by atoms with Crippen molar-refractivity contribution in [3.63, 3.8) is 0 Å². The van der Waals surface area contributed by atoms with Gasteiger partial charge in [-0.3, -0.25) is 14.5 Å². The van der Waals surface area contributed by atoms with E-state index in [0.717, 1.165) is 21.9 Å². The Morgan fingerprint density at radius 1 is 1.12 bits per heavy atom. The lowest BCUT2D eigenvalue weighted by molar-refractivity contribution is -0.130. The fraction of sp³-hybridized carbons (Fsp3) is 0.350. The number of Topliss-reactive ketones (excluding diaryl/α,β-unsaturated/α-hetero) is 1. The molecular formula is C20H23N3O3. The van der Waals surface area contributed by atoms with Crippen LogP contribution in [0.4, 0.5) is 4.79 Å². The maximum absolute atomic E-state index is 12.9. The van der Waals surface area contributed by atoms with Crippen molar-refractivity contribution in [2.75, 3.05) is 6.54 Å². The highest BCUT2D eigenvalue weighted by atomic mass is 16.2. The highest BCUT2D eigenvalue weighted by molar-refractivity contribution is 6.11. The van der Waals surface area contributed by atoms with Gasteiger partial charge in [-0.2, -0.15) is 0 Å². The first-order valence-corrected chi connectivity index (χ1v) is 8.52. The van der Waals surface area contributed by atoms with Gasteiger partial charge in [-0.25, -0.2) is 4.79 Å². The van der Waals surface area contributed by atoms with E-state index in [-0.39, 0.29) is 12.3 Å². The molecule has 3 amide bonds. The molecule has 0 aliphatic carbocycles. The zero-order valence-electron chi connectivity index (χ0n) is 15.7. The van der Waals surface area contributed by atoms with Crippen LogP contribution < -0.4 is 5.32 Å². The zero-order chi connectivity index (χ0) is 19.2. The number of hydrogen-bond acceptors (Lipinski definition) is 3. The first-order chi connectivity index (χ1) is 12.1. The van der Waals surface area contributed by atoms with Crippen LogP contribution in [0.25, 0.3) is 0 Å². The Morgan fingerprint density at radius 2 is 1.73 bits per heavy atom. The minimum atomic E-state index is -1.16. The monoisotopic (exact) mass is 353 g/mol. The molecule has 136 valence electrons. The number of carbonyl (C=O) groups is 3. The summed E-state index contributed by atoms with van der Waals surface area (Å²) < 4.78 is 1.91. The molecule has 6 nitrogen and oxygen atoms in total. The summed E-state index contributed by atoms with van der Waals surface area (Å²) in [5.74, 6) is -0.659. The molecule has 3 rings (SSSR count). The van der Waals surface area contributed by atoms with Gasteiger partial charge in [0.1, 0.15) is 5.54 Å². The molecule has 1 N–H and O–H groups in total. The standard InChI is InChI=1S/C20H23N3O3/c1-12-6-8-15(9-7-12)20(4)18(25)23(19(26)21-20)11-17(24)16-10-13(2)22(5)14(16)3/h6-10H,11H2,1-5H3,(H,21,26). The molecule has 26 heavy (non-hydrogen) atoms. The van der Waals surface area contributed by atoms with Crippen molar-refractivity contribution < 1.29 is 14.4 Å². The molecule has 1 saturated heterocycles. The number of ketones is 1. The topological polar surface area (TPSA) is 71.4 Å². The summed E-state index contributed by atoms with van der Waals surface area (Å²) in [6, 6.07) is 8.67. The molecule has 6 heteroatoms. The molecule has 0 bridgehead atoms. The van der Waals surface area contributed by atoms with Crippen LogP contribution in [0.5, 0.6) is 0 Å². The number of imide groups is 1. The summed E-state index contributed by atoms with van der Waals surface area (Å²) in [5.41, 5.74) is 2.91. The molecule has 1 aromatic heterocycles. The lowest BCUT2D eigenvalue weighted by atomic mass is 9.91. The van der Waals surface area contributed by atoms with Crippen molar-refractivity contribution >= 4 is 17.7 Å². The van der Waals surface area contributed by atoms with Crippen LogP contribution in [0.1, 0.15) is 39.8 Å². The van der Waals surface area contributed by atoms with E-state index in [4.69, 9.17) is 0 Å². The van der Waals surface area contributed by atoms with Crippen LogP contribution in [-0.2, 0) is 17.4 Å². The third-order valence-electron chi connectivity index (χ3n) is 5.28. The molecule has 1 atom stereocenters. The maximum atomic E-state index is 12.9. The summed E-state index contributed by atoms with van der Waals surface area (Å²) in [5, 5.41) is 2.73. The summed E-state index contributed by atoms with van der Waals surface area (Å²) in [6.45, 7) is 7.11. The number of aromatic nitrogens is 1. The molecule has 0 saturated carbocycles. The van der Waals surface area contributed by atoms with E-state index >= 15 is 0 Å². The number of urea groups is 1.